The number of carbonyl (C=O) groups excluding carboxylic acids is 2. The molecule has 7 nitrogen and oxygen atoms in total. The third-order valence-corrected chi connectivity index (χ3v) is 3.59. The minimum atomic E-state index is -0.756. The zero-order valence-corrected chi connectivity index (χ0v) is 14.9. The zero-order valence-electron chi connectivity index (χ0n) is 14.9. The van der Waals surface area contributed by atoms with Gasteiger partial charge in [-0.15, -0.1) is 0 Å². The van der Waals surface area contributed by atoms with Crippen LogP contribution in [-0.2, 0) is 9.53 Å². The van der Waals surface area contributed by atoms with Crippen LogP contribution in [0.3, 0.4) is 0 Å². The summed E-state index contributed by atoms with van der Waals surface area (Å²) < 4.78 is 4.80. The predicted octanol–water partition coefficient (Wildman–Crippen LogP) is 1.72. The molecule has 0 aliphatic rings. The summed E-state index contributed by atoms with van der Waals surface area (Å²) in [5.41, 5.74) is 0.640. The number of ether oxygens (including phenoxy) is 1. The summed E-state index contributed by atoms with van der Waals surface area (Å²) in [6.45, 7) is 3.54. The van der Waals surface area contributed by atoms with Gasteiger partial charge in [0.25, 0.3) is 0 Å². The monoisotopic (exact) mass is 350 g/mol. The Morgan fingerprint density at radius 1 is 1.24 bits per heavy atom. The standard InChI is InChI=1S/C18H26N2O5/c1-4-25-16(23)10-7-14-5-8-15(9-6-14)19-17(24)20(3)11-18(2,12-21)13-22/h5-10,21-22H,4,11-13H2,1-3H3,(H,19,24)/b10-7+. The lowest BCUT2D eigenvalue weighted by atomic mass is 9.92. The Hall–Kier alpha value is -2.38. The molecule has 0 aliphatic carbocycles. The molecule has 0 saturated heterocycles. The highest BCUT2D eigenvalue weighted by atomic mass is 16.5. The maximum Gasteiger partial charge on any atom is 0.330 e. The van der Waals surface area contributed by atoms with E-state index in [9.17, 15) is 19.8 Å². The number of hydrogen-bond acceptors (Lipinski definition) is 5. The molecule has 0 spiro atoms. The molecule has 1 rings (SSSR count). The van der Waals surface area contributed by atoms with Crippen LogP contribution in [0.4, 0.5) is 10.5 Å². The van der Waals surface area contributed by atoms with Gasteiger partial charge in [0.2, 0.25) is 0 Å². The first-order valence-electron chi connectivity index (χ1n) is 8.02. The van der Waals surface area contributed by atoms with Gasteiger partial charge in [-0.3, -0.25) is 0 Å². The van der Waals surface area contributed by atoms with Crippen LogP contribution < -0.4 is 5.32 Å². The number of esters is 1. The molecule has 138 valence electrons. The van der Waals surface area contributed by atoms with Gasteiger partial charge in [0, 0.05) is 30.8 Å². The molecular weight excluding hydrogens is 324 g/mol. The second-order valence-corrected chi connectivity index (χ2v) is 6.12. The maximum atomic E-state index is 12.2. The van der Waals surface area contributed by atoms with Crippen LogP contribution in [0.15, 0.2) is 30.3 Å². The van der Waals surface area contributed by atoms with E-state index in [1.54, 1.807) is 51.2 Å². The lowest BCUT2D eigenvalue weighted by Crippen LogP contribution is -2.43. The summed E-state index contributed by atoms with van der Waals surface area (Å²) in [6, 6.07) is 6.61. The first-order valence-corrected chi connectivity index (χ1v) is 8.02. The molecule has 0 aromatic heterocycles. The molecule has 25 heavy (non-hydrogen) atoms. The molecule has 0 bridgehead atoms. The molecule has 0 fully saturated rings. The highest BCUT2D eigenvalue weighted by molar-refractivity contribution is 5.90. The minimum absolute atomic E-state index is 0.214. The lowest BCUT2D eigenvalue weighted by molar-refractivity contribution is -0.137. The van der Waals surface area contributed by atoms with Gasteiger partial charge in [0.05, 0.1) is 19.8 Å². The fraction of sp³-hybridized carbons (Fsp3) is 0.444. The van der Waals surface area contributed by atoms with Crippen molar-refractivity contribution in [2.24, 2.45) is 5.41 Å². The molecule has 7 heteroatoms. The fourth-order valence-electron chi connectivity index (χ4n) is 2.05. The molecule has 0 saturated carbocycles. The molecule has 0 atom stereocenters. The maximum absolute atomic E-state index is 12.2. The van der Waals surface area contributed by atoms with Crippen molar-refractivity contribution in [3.63, 3.8) is 0 Å². The van der Waals surface area contributed by atoms with Crippen LogP contribution in [0.5, 0.6) is 0 Å². The van der Waals surface area contributed by atoms with E-state index in [1.807, 2.05) is 0 Å². The van der Waals surface area contributed by atoms with Crippen molar-refractivity contribution in [3.8, 4) is 0 Å². The molecule has 3 N–H and O–H groups in total. The molecular formula is C18H26N2O5. The molecule has 0 radical (unpaired) electrons. The van der Waals surface area contributed by atoms with Gasteiger partial charge >= 0.3 is 12.0 Å². The quantitative estimate of drug-likeness (QED) is 0.490. The number of hydrogen-bond donors (Lipinski definition) is 3. The number of aliphatic hydroxyl groups excluding tert-OH is 2. The Balaban J connectivity index is 2.62. The number of amides is 2. The molecule has 2 amide bonds. The Morgan fingerprint density at radius 2 is 1.84 bits per heavy atom. The number of aliphatic hydroxyl groups is 2. The predicted molar refractivity (Wildman–Crippen MR) is 96.0 cm³/mol. The summed E-state index contributed by atoms with van der Waals surface area (Å²) in [7, 11) is 1.59. The highest BCUT2D eigenvalue weighted by Crippen LogP contribution is 2.17. The fourth-order valence-corrected chi connectivity index (χ4v) is 2.05. The third kappa shape index (κ3) is 6.94. The van der Waals surface area contributed by atoms with Crippen LogP contribution >= 0.6 is 0 Å². The van der Waals surface area contributed by atoms with E-state index in [-0.39, 0.29) is 25.8 Å². The van der Waals surface area contributed by atoms with Crippen molar-refractivity contribution in [1.82, 2.24) is 4.90 Å². The number of benzene rings is 1. The van der Waals surface area contributed by atoms with Crippen molar-refractivity contribution in [2.45, 2.75) is 13.8 Å². The number of nitrogens with one attached hydrogen (secondary N) is 1. The summed E-state index contributed by atoms with van der Waals surface area (Å²) in [4.78, 5) is 24.8. The second kappa shape index (κ2) is 9.80. The van der Waals surface area contributed by atoms with Crippen molar-refractivity contribution >= 4 is 23.8 Å². The topological polar surface area (TPSA) is 99.1 Å². The Morgan fingerprint density at radius 3 is 2.36 bits per heavy atom. The SMILES string of the molecule is CCOC(=O)/C=C/c1ccc(NC(=O)N(C)CC(C)(CO)CO)cc1. The van der Waals surface area contributed by atoms with Gasteiger partial charge in [-0.05, 0) is 30.7 Å². The van der Waals surface area contributed by atoms with Gasteiger partial charge in [0.1, 0.15) is 0 Å². The van der Waals surface area contributed by atoms with E-state index in [1.165, 1.54) is 11.0 Å². The summed E-state index contributed by atoms with van der Waals surface area (Å²) in [6.07, 6.45) is 2.97. The smallest absolute Gasteiger partial charge is 0.330 e. The largest absolute Gasteiger partial charge is 0.463 e. The van der Waals surface area contributed by atoms with E-state index >= 15 is 0 Å². The van der Waals surface area contributed by atoms with Gasteiger partial charge in [-0.25, -0.2) is 9.59 Å². The van der Waals surface area contributed by atoms with Crippen LogP contribution in [0, 0.1) is 5.41 Å². The van der Waals surface area contributed by atoms with Gasteiger partial charge in [-0.1, -0.05) is 19.1 Å². The van der Waals surface area contributed by atoms with E-state index < -0.39 is 11.4 Å². The Labute approximate surface area is 147 Å². The first-order chi connectivity index (χ1) is 11.8. The molecule has 1 aromatic rings. The molecule has 0 heterocycles. The minimum Gasteiger partial charge on any atom is -0.463 e. The van der Waals surface area contributed by atoms with Crippen LogP contribution in [-0.4, -0.2) is 60.5 Å². The average Bonchev–Trinajstić information content (AvgIpc) is 2.61. The number of rotatable bonds is 8. The molecule has 0 aliphatic heterocycles. The average molecular weight is 350 g/mol. The number of urea groups is 1. The van der Waals surface area contributed by atoms with Gasteiger partial charge < -0.3 is 25.2 Å². The van der Waals surface area contributed by atoms with Crippen LogP contribution in [0.2, 0.25) is 0 Å². The number of nitrogens with zero attached hydrogens (tertiary/aromatic N) is 1. The van der Waals surface area contributed by atoms with Crippen molar-refractivity contribution in [1.29, 1.82) is 0 Å². The van der Waals surface area contributed by atoms with Crippen molar-refractivity contribution < 1.29 is 24.5 Å². The normalized spacial score (nSPS) is 11.4. The number of carbonyl (C=O) groups is 2. The van der Waals surface area contributed by atoms with E-state index in [2.05, 4.69) is 5.32 Å². The van der Waals surface area contributed by atoms with E-state index in [0.717, 1.165) is 5.56 Å². The first kappa shape index (κ1) is 20.7. The lowest BCUT2D eigenvalue weighted by Gasteiger charge is -2.30. The zero-order chi connectivity index (χ0) is 18.9. The number of anilines is 1. The van der Waals surface area contributed by atoms with E-state index in [0.29, 0.717) is 12.3 Å². The Bertz CT molecular complexity index is 594. The molecule has 0 unspecified atom stereocenters. The Kier molecular flexibility index (Phi) is 8.10. The highest BCUT2D eigenvalue weighted by Gasteiger charge is 2.26. The van der Waals surface area contributed by atoms with Crippen molar-refractivity contribution in [3.05, 3.63) is 35.9 Å². The summed E-state index contributed by atoms with van der Waals surface area (Å²) in [5.74, 6) is -0.405. The summed E-state index contributed by atoms with van der Waals surface area (Å²) >= 11 is 0. The van der Waals surface area contributed by atoms with Crippen LogP contribution in [0.25, 0.3) is 6.08 Å². The van der Waals surface area contributed by atoms with Gasteiger partial charge in [0.15, 0.2) is 0 Å². The van der Waals surface area contributed by atoms with E-state index in [4.69, 9.17) is 4.74 Å². The second-order valence-electron chi connectivity index (χ2n) is 6.12. The van der Waals surface area contributed by atoms with Crippen molar-refractivity contribution in [2.75, 3.05) is 38.7 Å². The summed E-state index contributed by atoms with van der Waals surface area (Å²) in [5, 5.41) is 21.3. The third-order valence-electron chi connectivity index (χ3n) is 3.59. The van der Waals surface area contributed by atoms with Gasteiger partial charge in [-0.2, -0.15) is 0 Å². The molecule has 1 aromatic carbocycles. The van der Waals surface area contributed by atoms with Crippen LogP contribution in [0.1, 0.15) is 19.4 Å².